The van der Waals surface area contributed by atoms with Crippen molar-refractivity contribution in [2.75, 3.05) is 6.61 Å². The van der Waals surface area contributed by atoms with Crippen molar-refractivity contribution < 1.29 is 9.84 Å². The molecule has 0 saturated heterocycles. The number of ether oxygens (including phenoxy) is 1. The lowest BCUT2D eigenvalue weighted by molar-refractivity contribution is 0.0598. The fourth-order valence-corrected chi connectivity index (χ4v) is 1.29. The molecule has 0 saturated carbocycles. The van der Waals surface area contributed by atoms with Gasteiger partial charge in [-0.1, -0.05) is 45.0 Å². The third-order valence-corrected chi connectivity index (χ3v) is 1.98. The van der Waals surface area contributed by atoms with Crippen molar-refractivity contribution in [3.05, 3.63) is 35.4 Å². The lowest BCUT2D eigenvalue weighted by atomic mass is 9.99. The van der Waals surface area contributed by atoms with Gasteiger partial charge in [-0.2, -0.15) is 0 Å². The van der Waals surface area contributed by atoms with Crippen LogP contribution in [0, 0.1) is 5.41 Å². The molecule has 0 spiro atoms. The summed E-state index contributed by atoms with van der Waals surface area (Å²) in [5, 5.41) is 8.98. The second-order valence-corrected chi connectivity index (χ2v) is 5.03. The highest BCUT2D eigenvalue weighted by molar-refractivity contribution is 5.22. The van der Waals surface area contributed by atoms with E-state index >= 15 is 0 Å². The van der Waals surface area contributed by atoms with Gasteiger partial charge in [0.2, 0.25) is 0 Å². The summed E-state index contributed by atoms with van der Waals surface area (Å²) in [5.41, 5.74) is 2.26. The molecule has 84 valence electrons. The number of rotatable bonds is 4. The highest BCUT2D eigenvalue weighted by atomic mass is 16.5. The standard InChI is InChI=1S/C13H20O2/c1-13(2,3)10-15-9-12-6-4-5-11(7-12)8-14/h4-7,14H,8-10H2,1-3H3. The molecule has 1 aromatic carbocycles. The molecule has 1 aromatic rings. The van der Waals surface area contributed by atoms with Gasteiger partial charge < -0.3 is 9.84 Å². The molecule has 2 nitrogen and oxygen atoms in total. The molecule has 0 bridgehead atoms. The van der Waals surface area contributed by atoms with Crippen LogP contribution in [0.3, 0.4) is 0 Å². The van der Waals surface area contributed by atoms with Gasteiger partial charge in [0.15, 0.2) is 0 Å². The minimum absolute atomic E-state index is 0.0904. The topological polar surface area (TPSA) is 29.5 Å². The predicted molar refractivity (Wildman–Crippen MR) is 61.5 cm³/mol. The maximum absolute atomic E-state index is 8.98. The van der Waals surface area contributed by atoms with Crippen LogP contribution in [0.4, 0.5) is 0 Å². The molecule has 0 atom stereocenters. The number of hydrogen-bond donors (Lipinski definition) is 1. The zero-order valence-corrected chi connectivity index (χ0v) is 9.79. The first-order chi connectivity index (χ1) is 7.01. The van der Waals surface area contributed by atoms with E-state index < -0.39 is 0 Å². The van der Waals surface area contributed by atoms with E-state index in [2.05, 4.69) is 20.8 Å². The maximum atomic E-state index is 8.98. The Balaban J connectivity index is 2.44. The van der Waals surface area contributed by atoms with Crippen LogP contribution < -0.4 is 0 Å². The summed E-state index contributed by atoms with van der Waals surface area (Å²) in [6.45, 7) is 7.90. The molecule has 0 fully saturated rings. The molecular weight excluding hydrogens is 188 g/mol. The lowest BCUT2D eigenvalue weighted by Crippen LogP contribution is -2.14. The van der Waals surface area contributed by atoms with Gasteiger partial charge in [-0.05, 0) is 16.5 Å². The first kappa shape index (κ1) is 12.2. The van der Waals surface area contributed by atoms with E-state index in [1.165, 1.54) is 0 Å². The normalized spacial score (nSPS) is 11.7. The molecule has 1 rings (SSSR count). The zero-order valence-electron chi connectivity index (χ0n) is 9.79. The summed E-state index contributed by atoms with van der Waals surface area (Å²) in [4.78, 5) is 0. The number of aliphatic hydroxyl groups is 1. The van der Waals surface area contributed by atoms with Crippen LogP contribution in [0.2, 0.25) is 0 Å². The summed E-state index contributed by atoms with van der Waals surface area (Å²) in [6, 6.07) is 7.85. The number of aliphatic hydroxyl groups excluding tert-OH is 1. The summed E-state index contributed by atoms with van der Waals surface area (Å²) in [7, 11) is 0. The predicted octanol–water partition coefficient (Wildman–Crippen LogP) is 2.74. The van der Waals surface area contributed by atoms with Crippen molar-refractivity contribution >= 4 is 0 Å². The Hall–Kier alpha value is -0.860. The Kier molecular flexibility index (Phi) is 4.30. The van der Waals surface area contributed by atoms with Gasteiger partial charge in [0.25, 0.3) is 0 Å². The van der Waals surface area contributed by atoms with E-state index in [-0.39, 0.29) is 12.0 Å². The Labute approximate surface area is 91.9 Å². The van der Waals surface area contributed by atoms with Gasteiger partial charge >= 0.3 is 0 Å². The van der Waals surface area contributed by atoms with Crippen molar-refractivity contribution in [2.24, 2.45) is 5.41 Å². The third kappa shape index (κ3) is 4.96. The summed E-state index contributed by atoms with van der Waals surface area (Å²) in [5.74, 6) is 0. The van der Waals surface area contributed by atoms with Gasteiger partial charge in [-0.25, -0.2) is 0 Å². The Morgan fingerprint density at radius 2 is 1.87 bits per heavy atom. The van der Waals surface area contributed by atoms with E-state index in [1.807, 2.05) is 24.3 Å². The molecule has 0 aromatic heterocycles. The van der Waals surface area contributed by atoms with Crippen molar-refractivity contribution in [1.29, 1.82) is 0 Å². The Morgan fingerprint density at radius 3 is 2.47 bits per heavy atom. The van der Waals surface area contributed by atoms with Crippen LogP contribution in [0.25, 0.3) is 0 Å². The summed E-state index contributed by atoms with van der Waals surface area (Å²) >= 11 is 0. The second kappa shape index (κ2) is 5.29. The largest absolute Gasteiger partial charge is 0.392 e. The average molecular weight is 208 g/mol. The molecule has 0 aliphatic heterocycles. The molecular formula is C13H20O2. The van der Waals surface area contributed by atoms with Crippen LogP contribution in [0.1, 0.15) is 31.9 Å². The quantitative estimate of drug-likeness (QED) is 0.824. The fourth-order valence-electron chi connectivity index (χ4n) is 1.29. The van der Waals surface area contributed by atoms with Gasteiger partial charge in [0.05, 0.1) is 19.8 Å². The fraction of sp³-hybridized carbons (Fsp3) is 0.538. The van der Waals surface area contributed by atoms with Crippen LogP contribution in [-0.4, -0.2) is 11.7 Å². The van der Waals surface area contributed by atoms with E-state index in [0.29, 0.717) is 6.61 Å². The first-order valence-electron chi connectivity index (χ1n) is 5.28. The van der Waals surface area contributed by atoms with E-state index in [4.69, 9.17) is 9.84 Å². The molecule has 0 amide bonds. The molecule has 2 heteroatoms. The minimum Gasteiger partial charge on any atom is -0.392 e. The molecule has 0 heterocycles. The van der Waals surface area contributed by atoms with Crippen LogP contribution in [0.15, 0.2) is 24.3 Å². The Bertz CT molecular complexity index is 300. The zero-order chi connectivity index (χ0) is 11.3. The third-order valence-electron chi connectivity index (χ3n) is 1.98. The van der Waals surface area contributed by atoms with Gasteiger partial charge in [0.1, 0.15) is 0 Å². The van der Waals surface area contributed by atoms with Crippen molar-refractivity contribution in [3.63, 3.8) is 0 Å². The van der Waals surface area contributed by atoms with Gasteiger partial charge in [0, 0.05) is 0 Å². The monoisotopic (exact) mass is 208 g/mol. The maximum Gasteiger partial charge on any atom is 0.0717 e. The van der Waals surface area contributed by atoms with Crippen molar-refractivity contribution in [2.45, 2.75) is 34.0 Å². The van der Waals surface area contributed by atoms with Gasteiger partial charge in [-0.15, -0.1) is 0 Å². The molecule has 15 heavy (non-hydrogen) atoms. The van der Waals surface area contributed by atoms with E-state index in [1.54, 1.807) is 0 Å². The van der Waals surface area contributed by atoms with Crippen molar-refractivity contribution in [1.82, 2.24) is 0 Å². The first-order valence-corrected chi connectivity index (χ1v) is 5.28. The van der Waals surface area contributed by atoms with Crippen molar-refractivity contribution in [3.8, 4) is 0 Å². The van der Waals surface area contributed by atoms with Crippen LogP contribution >= 0.6 is 0 Å². The smallest absolute Gasteiger partial charge is 0.0717 e. The Morgan fingerprint density at radius 1 is 1.20 bits per heavy atom. The SMILES string of the molecule is CC(C)(C)COCc1cccc(CO)c1. The summed E-state index contributed by atoms with van der Waals surface area (Å²) in [6.07, 6.45) is 0. The molecule has 0 radical (unpaired) electrons. The van der Waals surface area contributed by atoms with Crippen LogP contribution in [-0.2, 0) is 18.0 Å². The minimum atomic E-state index is 0.0904. The van der Waals surface area contributed by atoms with E-state index in [0.717, 1.165) is 17.7 Å². The van der Waals surface area contributed by atoms with E-state index in [9.17, 15) is 0 Å². The molecule has 0 aliphatic carbocycles. The highest BCUT2D eigenvalue weighted by Gasteiger charge is 2.09. The average Bonchev–Trinajstić information content (AvgIpc) is 2.16. The lowest BCUT2D eigenvalue weighted by Gasteiger charge is -2.18. The molecule has 0 aliphatic rings. The molecule has 1 N–H and O–H groups in total. The second-order valence-electron chi connectivity index (χ2n) is 5.03. The van der Waals surface area contributed by atoms with Gasteiger partial charge in [-0.3, -0.25) is 0 Å². The van der Waals surface area contributed by atoms with Crippen LogP contribution in [0.5, 0.6) is 0 Å². The number of hydrogen-bond acceptors (Lipinski definition) is 2. The molecule has 0 unspecified atom stereocenters. The number of benzene rings is 1. The summed E-state index contributed by atoms with van der Waals surface area (Å²) < 4.78 is 5.60. The highest BCUT2D eigenvalue weighted by Crippen LogP contribution is 2.14.